The normalized spacial score (nSPS) is 29.2. The van der Waals surface area contributed by atoms with Gasteiger partial charge in [0.15, 0.2) is 0 Å². The molecule has 0 radical (unpaired) electrons. The van der Waals surface area contributed by atoms with Crippen LogP contribution in [-0.2, 0) is 0 Å². The third-order valence-electron chi connectivity index (χ3n) is 2.68. The molecule has 2 atom stereocenters. The maximum Gasteiger partial charge on any atom is 0.0695 e. The standard InChI is InChI=1S/C10H18BrNO/c1-8(11)7-12(2)9-5-3-4-6-10(9)13/h9-10,13H,1,3-7H2,2H3/t9-,10-/m1/s1. The molecule has 0 amide bonds. The minimum atomic E-state index is -0.148. The van der Waals surface area contributed by atoms with Gasteiger partial charge < -0.3 is 5.11 Å². The zero-order chi connectivity index (χ0) is 9.84. The predicted octanol–water partition coefficient (Wildman–Crippen LogP) is 2.13. The van der Waals surface area contributed by atoms with Gasteiger partial charge in [0.25, 0.3) is 0 Å². The third-order valence-corrected chi connectivity index (χ3v) is 2.93. The molecule has 1 fully saturated rings. The summed E-state index contributed by atoms with van der Waals surface area (Å²) in [4.78, 5) is 2.18. The Morgan fingerprint density at radius 2 is 2.15 bits per heavy atom. The second-order valence-electron chi connectivity index (χ2n) is 3.85. The summed E-state index contributed by atoms with van der Waals surface area (Å²) in [6.07, 6.45) is 4.31. The average Bonchev–Trinajstić information content (AvgIpc) is 2.03. The largest absolute Gasteiger partial charge is 0.391 e. The highest BCUT2D eigenvalue weighted by Crippen LogP contribution is 2.23. The number of aliphatic hydroxyl groups excluding tert-OH is 1. The first-order chi connectivity index (χ1) is 6.11. The monoisotopic (exact) mass is 247 g/mol. The molecule has 0 aromatic heterocycles. The lowest BCUT2D eigenvalue weighted by molar-refractivity contribution is 0.0371. The summed E-state index contributed by atoms with van der Waals surface area (Å²) in [6.45, 7) is 4.63. The van der Waals surface area contributed by atoms with Crippen molar-refractivity contribution >= 4 is 15.9 Å². The molecule has 0 unspecified atom stereocenters. The van der Waals surface area contributed by atoms with Crippen molar-refractivity contribution in [2.24, 2.45) is 0 Å². The van der Waals surface area contributed by atoms with E-state index in [4.69, 9.17) is 0 Å². The van der Waals surface area contributed by atoms with Crippen molar-refractivity contribution in [1.82, 2.24) is 4.90 Å². The maximum absolute atomic E-state index is 9.77. The second kappa shape index (κ2) is 5.13. The fourth-order valence-corrected chi connectivity index (χ4v) is 2.39. The van der Waals surface area contributed by atoms with Crippen molar-refractivity contribution in [3.63, 3.8) is 0 Å². The van der Waals surface area contributed by atoms with Crippen molar-refractivity contribution in [3.05, 3.63) is 11.1 Å². The summed E-state index contributed by atoms with van der Waals surface area (Å²) < 4.78 is 0.979. The average molecular weight is 248 g/mol. The zero-order valence-corrected chi connectivity index (χ0v) is 9.76. The highest BCUT2D eigenvalue weighted by molar-refractivity contribution is 9.11. The van der Waals surface area contributed by atoms with E-state index in [0.29, 0.717) is 6.04 Å². The summed E-state index contributed by atoms with van der Waals surface area (Å²) >= 11 is 3.34. The van der Waals surface area contributed by atoms with Gasteiger partial charge >= 0.3 is 0 Å². The van der Waals surface area contributed by atoms with Crippen LogP contribution in [0, 0.1) is 0 Å². The molecule has 76 valence electrons. The van der Waals surface area contributed by atoms with Crippen LogP contribution in [0.25, 0.3) is 0 Å². The fourth-order valence-electron chi connectivity index (χ4n) is 1.99. The maximum atomic E-state index is 9.77. The number of aliphatic hydroxyl groups is 1. The van der Waals surface area contributed by atoms with Gasteiger partial charge in [-0.1, -0.05) is 35.4 Å². The molecule has 0 aromatic carbocycles. The van der Waals surface area contributed by atoms with Crippen molar-refractivity contribution < 1.29 is 5.11 Å². The quantitative estimate of drug-likeness (QED) is 0.827. The van der Waals surface area contributed by atoms with Crippen LogP contribution in [0.3, 0.4) is 0 Å². The molecule has 0 aliphatic heterocycles. The first-order valence-electron chi connectivity index (χ1n) is 4.83. The highest BCUT2D eigenvalue weighted by atomic mass is 79.9. The Bertz CT molecular complexity index is 184. The van der Waals surface area contributed by atoms with Gasteiger partial charge in [-0.2, -0.15) is 0 Å². The van der Waals surface area contributed by atoms with Gasteiger partial charge in [0, 0.05) is 17.1 Å². The van der Waals surface area contributed by atoms with Gasteiger partial charge in [0.1, 0.15) is 0 Å². The molecule has 0 aromatic rings. The van der Waals surface area contributed by atoms with Crippen molar-refractivity contribution in [1.29, 1.82) is 0 Å². The second-order valence-corrected chi connectivity index (χ2v) is 4.97. The molecule has 1 N–H and O–H groups in total. The summed E-state index contributed by atoms with van der Waals surface area (Å²) in [6, 6.07) is 0.322. The zero-order valence-electron chi connectivity index (χ0n) is 8.17. The molecule has 2 nitrogen and oxygen atoms in total. The number of likely N-dealkylation sites (N-methyl/N-ethyl adjacent to an activating group) is 1. The summed E-state index contributed by atoms with van der Waals surface area (Å²) in [5, 5.41) is 9.77. The Balaban J connectivity index is 2.43. The molecule has 0 saturated heterocycles. The summed E-state index contributed by atoms with van der Waals surface area (Å²) in [5.41, 5.74) is 0. The summed E-state index contributed by atoms with van der Waals surface area (Å²) in [7, 11) is 2.05. The molecule has 1 saturated carbocycles. The van der Waals surface area contributed by atoms with Crippen LogP contribution in [-0.4, -0.2) is 35.7 Å². The van der Waals surface area contributed by atoms with E-state index in [1.165, 1.54) is 12.8 Å². The molecule has 0 bridgehead atoms. The van der Waals surface area contributed by atoms with Gasteiger partial charge in [-0.05, 0) is 19.9 Å². The molecule has 0 spiro atoms. The topological polar surface area (TPSA) is 23.5 Å². The number of rotatable bonds is 3. The van der Waals surface area contributed by atoms with Gasteiger partial charge in [-0.15, -0.1) is 0 Å². The van der Waals surface area contributed by atoms with Crippen LogP contribution in [0.2, 0.25) is 0 Å². The third kappa shape index (κ3) is 3.41. The number of hydrogen-bond donors (Lipinski definition) is 1. The van der Waals surface area contributed by atoms with E-state index in [2.05, 4.69) is 27.4 Å². The predicted molar refractivity (Wildman–Crippen MR) is 59.0 cm³/mol. The van der Waals surface area contributed by atoms with Gasteiger partial charge in [-0.25, -0.2) is 0 Å². The lowest BCUT2D eigenvalue weighted by Crippen LogP contribution is -2.43. The van der Waals surface area contributed by atoms with Gasteiger partial charge in [-0.3, -0.25) is 4.90 Å². The van der Waals surface area contributed by atoms with E-state index in [1.54, 1.807) is 0 Å². The van der Waals surface area contributed by atoms with E-state index >= 15 is 0 Å². The minimum Gasteiger partial charge on any atom is -0.391 e. The molecular weight excluding hydrogens is 230 g/mol. The highest BCUT2D eigenvalue weighted by Gasteiger charge is 2.26. The van der Waals surface area contributed by atoms with Crippen molar-refractivity contribution in [3.8, 4) is 0 Å². The molecular formula is C10H18BrNO. The number of hydrogen-bond acceptors (Lipinski definition) is 2. The van der Waals surface area contributed by atoms with Gasteiger partial charge in [0.2, 0.25) is 0 Å². The van der Waals surface area contributed by atoms with Crippen LogP contribution in [0.5, 0.6) is 0 Å². The van der Waals surface area contributed by atoms with E-state index in [9.17, 15) is 5.11 Å². The van der Waals surface area contributed by atoms with E-state index < -0.39 is 0 Å². The van der Waals surface area contributed by atoms with Gasteiger partial charge in [0.05, 0.1) is 6.10 Å². The number of nitrogens with zero attached hydrogens (tertiary/aromatic N) is 1. The lowest BCUT2D eigenvalue weighted by Gasteiger charge is -2.35. The first kappa shape index (κ1) is 11.2. The van der Waals surface area contributed by atoms with E-state index in [1.807, 2.05) is 7.05 Å². The van der Waals surface area contributed by atoms with Crippen LogP contribution in [0.1, 0.15) is 25.7 Å². The molecule has 13 heavy (non-hydrogen) atoms. The van der Waals surface area contributed by atoms with E-state index in [0.717, 1.165) is 23.9 Å². The Morgan fingerprint density at radius 1 is 1.54 bits per heavy atom. The molecule has 1 aliphatic carbocycles. The van der Waals surface area contributed by atoms with Crippen molar-refractivity contribution in [2.45, 2.75) is 37.8 Å². The van der Waals surface area contributed by atoms with Crippen LogP contribution >= 0.6 is 15.9 Å². The van der Waals surface area contributed by atoms with Crippen LogP contribution in [0.15, 0.2) is 11.1 Å². The minimum absolute atomic E-state index is 0.148. The van der Waals surface area contributed by atoms with Crippen LogP contribution in [0.4, 0.5) is 0 Å². The Hall–Kier alpha value is 0.140. The lowest BCUT2D eigenvalue weighted by atomic mass is 9.92. The molecule has 1 aliphatic rings. The van der Waals surface area contributed by atoms with E-state index in [-0.39, 0.29) is 6.10 Å². The van der Waals surface area contributed by atoms with Crippen LogP contribution < -0.4 is 0 Å². The molecule has 0 heterocycles. The Labute approximate surface area is 88.7 Å². The number of halogens is 1. The Morgan fingerprint density at radius 3 is 2.69 bits per heavy atom. The van der Waals surface area contributed by atoms with Crippen molar-refractivity contribution in [2.75, 3.05) is 13.6 Å². The fraction of sp³-hybridized carbons (Fsp3) is 0.800. The molecule has 1 rings (SSSR count). The Kier molecular flexibility index (Phi) is 4.42. The first-order valence-corrected chi connectivity index (χ1v) is 5.62. The molecule has 3 heteroatoms. The summed E-state index contributed by atoms with van der Waals surface area (Å²) in [5.74, 6) is 0. The smallest absolute Gasteiger partial charge is 0.0695 e. The SMILES string of the molecule is C=C(Br)CN(C)[C@@H]1CCCC[C@H]1O.